The molecule has 110 valence electrons. The van der Waals surface area contributed by atoms with E-state index < -0.39 is 30.5 Å². The Morgan fingerprint density at radius 2 is 2.05 bits per heavy atom. The van der Waals surface area contributed by atoms with Crippen molar-refractivity contribution in [1.29, 1.82) is 0 Å². The van der Waals surface area contributed by atoms with Gasteiger partial charge >= 0.3 is 6.18 Å². The molecule has 1 aliphatic rings. The highest BCUT2D eigenvalue weighted by Gasteiger charge is 2.45. The van der Waals surface area contributed by atoms with Crippen LogP contribution in [0, 0.1) is 5.82 Å². The molecule has 20 heavy (non-hydrogen) atoms. The van der Waals surface area contributed by atoms with Crippen LogP contribution in [0.2, 0.25) is 0 Å². The number of carbonyl (C=O) groups is 1. The Morgan fingerprint density at radius 1 is 1.35 bits per heavy atom. The maximum Gasteiger partial charge on any atom is 0.405 e. The fraction of sp³-hybridized carbons (Fsp3) is 0.500. The molecule has 1 aromatic rings. The first kappa shape index (κ1) is 14.7. The van der Waals surface area contributed by atoms with Crippen molar-refractivity contribution in [2.24, 2.45) is 0 Å². The van der Waals surface area contributed by atoms with Crippen molar-refractivity contribution in [3.05, 3.63) is 29.8 Å². The quantitative estimate of drug-likeness (QED) is 0.736. The maximum absolute atomic E-state index is 13.0. The van der Waals surface area contributed by atoms with E-state index in [0.717, 1.165) is 28.3 Å². The van der Waals surface area contributed by atoms with E-state index in [4.69, 9.17) is 0 Å². The molecule has 1 amide bonds. The van der Waals surface area contributed by atoms with Gasteiger partial charge < -0.3 is 4.90 Å². The topological polar surface area (TPSA) is 36.4 Å². The molecule has 8 heteroatoms. The lowest BCUT2D eigenvalue weighted by molar-refractivity contribution is -0.190. The summed E-state index contributed by atoms with van der Waals surface area (Å²) in [4.78, 5) is 17.8. The van der Waals surface area contributed by atoms with E-state index in [-0.39, 0.29) is 18.7 Å². The minimum atomic E-state index is -4.41. The molecule has 1 fully saturated rings. The number of hydrogen-bond donors (Lipinski definition) is 0. The van der Waals surface area contributed by atoms with Crippen molar-refractivity contribution in [3.8, 4) is 0 Å². The Hall–Kier alpha value is -1.70. The summed E-state index contributed by atoms with van der Waals surface area (Å²) in [6, 6.07) is -0.738. The summed E-state index contributed by atoms with van der Waals surface area (Å²) in [6.45, 7) is -0.188. The lowest BCUT2D eigenvalue weighted by atomic mass is 10.1. The van der Waals surface area contributed by atoms with E-state index in [1.807, 2.05) is 0 Å². The molecule has 1 saturated heterocycles. The number of pyridine rings is 1. The van der Waals surface area contributed by atoms with E-state index >= 15 is 0 Å². The SMILES string of the molecule is CN1CCN(C(=O)c2cncc(F)c2)CC1C(F)(F)F. The van der Waals surface area contributed by atoms with Gasteiger partial charge in [0.05, 0.1) is 11.8 Å². The highest BCUT2D eigenvalue weighted by molar-refractivity contribution is 5.94. The van der Waals surface area contributed by atoms with Crippen molar-refractivity contribution in [1.82, 2.24) is 14.8 Å². The summed E-state index contributed by atoms with van der Waals surface area (Å²) in [7, 11) is 1.36. The molecule has 4 nitrogen and oxygen atoms in total. The largest absolute Gasteiger partial charge is 0.405 e. The highest BCUT2D eigenvalue weighted by atomic mass is 19.4. The number of alkyl halides is 3. The predicted octanol–water partition coefficient (Wildman–Crippen LogP) is 1.54. The third-order valence-corrected chi connectivity index (χ3v) is 3.26. The molecule has 0 bridgehead atoms. The number of halogens is 4. The van der Waals surface area contributed by atoms with E-state index in [1.54, 1.807) is 0 Å². The van der Waals surface area contributed by atoms with Crippen LogP contribution in [-0.4, -0.2) is 59.6 Å². The molecule has 2 rings (SSSR count). The molecule has 1 aliphatic heterocycles. The van der Waals surface area contributed by atoms with E-state index in [0.29, 0.717) is 0 Å². The van der Waals surface area contributed by atoms with Gasteiger partial charge in [-0.15, -0.1) is 0 Å². The normalized spacial score (nSPS) is 21.1. The predicted molar refractivity (Wildman–Crippen MR) is 62.6 cm³/mol. The Balaban J connectivity index is 2.15. The van der Waals surface area contributed by atoms with E-state index in [9.17, 15) is 22.4 Å². The van der Waals surface area contributed by atoms with Gasteiger partial charge in [-0.25, -0.2) is 4.39 Å². The molecule has 1 aromatic heterocycles. The number of nitrogens with zero attached hydrogens (tertiary/aromatic N) is 3. The summed E-state index contributed by atoms with van der Waals surface area (Å²) in [5, 5.41) is 0. The number of aromatic nitrogens is 1. The minimum Gasteiger partial charge on any atom is -0.335 e. The zero-order valence-electron chi connectivity index (χ0n) is 10.7. The minimum absolute atomic E-state index is 0.0459. The molecule has 2 heterocycles. The second-order valence-electron chi connectivity index (χ2n) is 4.68. The Kier molecular flexibility index (Phi) is 3.94. The van der Waals surface area contributed by atoms with Crippen molar-refractivity contribution in [2.75, 3.05) is 26.7 Å². The van der Waals surface area contributed by atoms with Crippen LogP contribution < -0.4 is 0 Å². The van der Waals surface area contributed by atoms with Crippen molar-refractivity contribution < 1.29 is 22.4 Å². The highest BCUT2D eigenvalue weighted by Crippen LogP contribution is 2.27. The molecular formula is C12H13F4N3O. The summed E-state index contributed by atoms with van der Waals surface area (Å²) < 4.78 is 51.5. The number of hydrogen-bond acceptors (Lipinski definition) is 3. The van der Waals surface area contributed by atoms with Crippen LogP contribution in [0.1, 0.15) is 10.4 Å². The third-order valence-electron chi connectivity index (χ3n) is 3.26. The molecule has 0 radical (unpaired) electrons. The van der Waals surface area contributed by atoms with Gasteiger partial charge in [-0.1, -0.05) is 0 Å². The number of rotatable bonds is 1. The molecule has 0 saturated carbocycles. The average molecular weight is 291 g/mol. The van der Waals surface area contributed by atoms with Crippen LogP contribution in [0.3, 0.4) is 0 Å². The van der Waals surface area contributed by atoms with E-state index in [2.05, 4.69) is 4.98 Å². The molecule has 0 aliphatic carbocycles. The van der Waals surface area contributed by atoms with Crippen molar-refractivity contribution in [2.45, 2.75) is 12.2 Å². The summed E-state index contributed by atoms with van der Waals surface area (Å²) in [5.41, 5.74) is -0.0459. The fourth-order valence-electron chi connectivity index (χ4n) is 2.12. The molecule has 0 aromatic carbocycles. The van der Waals surface area contributed by atoms with Gasteiger partial charge in [0.1, 0.15) is 11.9 Å². The second-order valence-corrected chi connectivity index (χ2v) is 4.68. The lowest BCUT2D eigenvalue weighted by Crippen LogP contribution is -2.58. The number of amides is 1. The maximum atomic E-state index is 13.0. The number of likely N-dealkylation sites (N-methyl/N-ethyl adjacent to an activating group) is 1. The van der Waals surface area contributed by atoms with Crippen molar-refractivity contribution >= 4 is 5.91 Å². The van der Waals surface area contributed by atoms with Gasteiger partial charge in [-0.3, -0.25) is 14.7 Å². The van der Waals surface area contributed by atoms with Gasteiger partial charge in [-0.2, -0.15) is 13.2 Å². The smallest absolute Gasteiger partial charge is 0.335 e. The Morgan fingerprint density at radius 3 is 2.65 bits per heavy atom. The zero-order valence-corrected chi connectivity index (χ0v) is 10.7. The first-order valence-electron chi connectivity index (χ1n) is 5.96. The van der Waals surface area contributed by atoms with Crippen LogP contribution >= 0.6 is 0 Å². The lowest BCUT2D eigenvalue weighted by Gasteiger charge is -2.40. The first-order valence-corrected chi connectivity index (χ1v) is 5.96. The summed E-state index contributed by atoms with van der Waals surface area (Å²) in [6.07, 6.45) is -2.33. The molecule has 0 N–H and O–H groups in total. The van der Waals surface area contributed by atoms with Crippen molar-refractivity contribution in [3.63, 3.8) is 0 Å². The van der Waals surface area contributed by atoms with Gasteiger partial charge in [0.15, 0.2) is 0 Å². The molecular weight excluding hydrogens is 278 g/mol. The van der Waals surface area contributed by atoms with Gasteiger partial charge in [0.2, 0.25) is 0 Å². The second kappa shape index (κ2) is 5.35. The van der Waals surface area contributed by atoms with Crippen LogP contribution in [0.4, 0.5) is 17.6 Å². The number of piperazine rings is 1. The first-order chi connectivity index (χ1) is 9.29. The summed E-state index contributed by atoms with van der Waals surface area (Å²) >= 11 is 0. The van der Waals surface area contributed by atoms with Gasteiger partial charge in [0, 0.05) is 25.8 Å². The summed E-state index contributed by atoms with van der Waals surface area (Å²) in [5.74, 6) is -1.34. The monoisotopic (exact) mass is 291 g/mol. The molecule has 1 unspecified atom stereocenters. The van der Waals surface area contributed by atoms with Gasteiger partial charge in [0.25, 0.3) is 5.91 Å². The molecule has 1 atom stereocenters. The number of carbonyl (C=O) groups excluding carboxylic acids is 1. The van der Waals surface area contributed by atoms with Crippen LogP contribution in [0.25, 0.3) is 0 Å². The standard InChI is InChI=1S/C12H13F4N3O/c1-18-2-3-19(7-10(18)12(14,15)16)11(20)8-4-9(13)6-17-5-8/h4-6,10H,2-3,7H2,1H3. The van der Waals surface area contributed by atoms with Crippen LogP contribution in [-0.2, 0) is 0 Å². The van der Waals surface area contributed by atoms with Crippen LogP contribution in [0.5, 0.6) is 0 Å². The Bertz CT molecular complexity index is 506. The van der Waals surface area contributed by atoms with Gasteiger partial charge in [-0.05, 0) is 13.1 Å². The zero-order chi connectivity index (χ0) is 14.9. The third kappa shape index (κ3) is 3.06. The van der Waals surface area contributed by atoms with Crippen LogP contribution in [0.15, 0.2) is 18.5 Å². The fourth-order valence-corrected chi connectivity index (χ4v) is 2.12. The Labute approximate surface area is 113 Å². The molecule has 0 spiro atoms. The average Bonchev–Trinajstić information content (AvgIpc) is 2.37. The van der Waals surface area contributed by atoms with E-state index in [1.165, 1.54) is 7.05 Å².